The lowest BCUT2D eigenvalue weighted by Gasteiger charge is -2.39. The number of piperidine rings is 1. The van der Waals surface area contributed by atoms with Crippen LogP contribution in [0.15, 0.2) is 24.3 Å². The van der Waals surface area contributed by atoms with Crippen LogP contribution < -0.4 is 10.1 Å². The van der Waals surface area contributed by atoms with Crippen molar-refractivity contribution in [1.29, 1.82) is 0 Å². The van der Waals surface area contributed by atoms with Crippen molar-refractivity contribution in [2.24, 2.45) is 5.41 Å². The molecular formula is C23H34N4O4. The van der Waals surface area contributed by atoms with Gasteiger partial charge in [-0.1, -0.05) is 12.1 Å². The average molecular weight is 431 g/mol. The SMILES string of the molecule is CCOc1ccccc1NC(=O)N1CCC2(CC1)CC(C(=O)N1CCOCC1)N(C)C2. The number of amides is 3. The maximum Gasteiger partial charge on any atom is 0.321 e. The van der Waals surface area contributed by atoms with Crippen molar-refractivity contribution in [3.8, 4) is 5.75 Å². The summed E-state index contributed by atoms with van der Waals surface area (Å²) in [6.07, 6.45) is 2.72. The lowest BCUT2D eigenvalue weighted by molar-refractivity contribution is -0.139. The number of urea groups is 1. The molecule has 4 rings (SSSR count). The molecular weight excluding hydrogens is 396 g/mol. The molecule has 0 bridgehead atoms. The van der Waals surface area contributed by atoms with Crippen LogP contribution in [0.5, 0.6) is 5.75 Å². The van der Waals surface area contributed by atoms with Crippen LogP contribution in [0.2, 0.25) is 0 Å². The van der Waals surface area contributed by atoms with E-state index in [0.717, 1.165) is 25.8 Å². The van der Waals surface area contributed by atoms with Gasteiger partial charge in [0.2, 0.25) is 5.91 Å². The molecule has 8 heteroatoms. The van der Waals surface area contributed by atoms with Gasteiger partial charge in [-0.2, -0.15) is 0 Å². The fraction of sp³-hybridized carbons (Fsp3) is 0.652. The summed E-state index contributed by atoms with van der Waals surface area (Å²) in [6.45, 7) is 7.43. The van der Waals surface area contributed by atoms with Crippen molar-refractivity contribution in [2.75, 3.05) is 64.9 Å². The van der Waals surface area contributed by atoms with Crippen LogP contribution in [0.4, 0.5) is 10.5 Å². The Morgan fingerprint density at radius 3 is 2.55 bits per heavy atom. The van der Waals surface area contributed by atoms with Gasteiger partial charge < -0.3 is 24.6 Å². The van der Waals surface area contributed by atoms with E-state index in [1.165, 1.54) is 0 Å². The van der Waals surface area contributed by atoms with Crippen LogP contribution >= 0.6 is 0 Å². The summed E-state index contributed by atoms with van der Waals surface area (Å²) in [7, 11) is 2.06. The number of benzene rings is 1. The van der Waals surface area contributed by atoms with Gasteiger partial charge in [0.25, 0.3) is 0 Å². The Morgan fingerprint density at radius 1 is 1.13 bits per heavy atom. The quantitative estimate of drug-likeness (QED) is 0.793. The minimum absolute atomic E-state index is 0.0588. The third-order valence-electron chi connectivity index (χ3n) is 6.89. The van der Waals surface area contributed by atoms with Gasteiger partial charge in [0.15, 0.2) is 0 Å². The summed E-state index contributed by atoms with van der Waals surface area (Å²) in [6, 6.07) is 7.37. The topological polar surface area (TPSA) is 74.3 Å². The Bertz CT molecular complexity index is 788. The molecule has 31 heavy (non-hydrogen) atoms. The third-order valence-corrected chi connectivity index (χ3v) is 6.89. The molecule has 0 aliphatic carbocycles. The summed E-state index contributed by atoms with van der Waals surface area (Å²) >= 11 is 0. The molecule has 1 unspecified atom stereocenters. The second-order valence-electron chi connectivity index (χ2n) is 8.92. The Morgan fingerprint density at radius 2 is 1.84 bits per heavy atom. The number of nitrogens with one attached hydrogen (secondary N) is 1. The second kappa shape index (κ2) is 9.44. The number of carbonyl (C=O) groups is 2. The standard InChI is InChI=1S/C23H34N4O4/c1-3-31-20-7-5-4-6-18(20)24-22(29)27-10-8-23(9-11-27)16-19(25(2)17-23)21(28)26-12-14-30-15-13-26/h4-7,19H,3,8-17H2,1-2H3,(H,24,29). The summed E-state index contributed by atoms with van der Waals surface area (Å²) in [5, 5.41) is 3.00. The highest BCUT2D eigenvalue weighted by atomic mass is 16.5. The molecule has 0 radical (unpaired) electrons. The smallest absolute Gasteiger partial charge is 0.321 e. The van der Waals surface area contributed by atoms with E-state index in [9.17, 15) is 9.59 Å². The summed E-state index contributed by atoms with van der Waals surface area (Å²) < 4.78 is 11.0. The van der Waals surface area contributed by atoms with Gasteiger partial charge in [-0.15, -0.1) is 0 Å². The Balaban J connectivity index is 1.33. The number of para-hydroxylation sites is 2. The fourth-order valence-corrected chi connectivity index (χ4v) is 5.13. The number of hydrogen-bond acceptors (Lipinski definition) is 5. The number of likely N-dealkylation sites (N-methyl/N-ethyl adjacent to an activating group) is 1. The molecule has 3 aliphatic heterocycles. The van der Waals surface area contributed by atoms with Crippen LogP contribution in [0.25, 0.3) is 0 Å². The first-order valence-electron chi connectivity index (χ1n) is 11.4. The van der Waals surface area contributed by atoms with E-state index in [0.29, 0.717) is 57.4 Å². The number of anilines is 1. The molecule has 8 nitrogen and oxygen atoms in total. The van der Waals surface area contributed by atoms with Crippen LogP contribution in [0.1, 0.15) is 26.2 Å². The largest absolute Gasteiger partial charge is 0.492 e. The highest BCUT2D eigenvalue weighted by Gasteiger charge is 2.48. The summed E-state index contributed by atoms with van der Waals surface area (Å²) in [5.74, 6) is 0.920. The molecule has 170 valence electrons. The van der Waals surface area contributed by atoms with Gasteiger partial charge in [-0.05, 0) is 50.8 Å². The minimum atomic E-state index is -0.0886. The van der Waals surface area contributed by atoms with Crippen LogP contribution in [0.3, 0.4) is 0 Å². The van der Waals surface area contributed by atoms with E-state index in [1.807, 2.05) is 41.0 Å². The van der Waals surface area contributed by atoms with Crippen molar-refractivity contribution in [3.63, 3.8) is 0 Å². The van der Waals surface area contributed by atoms with E-state index in [-0.39, 0.29) is 23.4 Å². The van der Waals surface area contributed by atoms with E-state index in [1.54, 1.807) is 0 Å². The Kier molecular flexibility index (Phi) is 6.67. The highest BCUT2D eigenvalue weighted by Crippen LogP contribution is 2.43. The molecule has 1 aromatic rings. The molecule has 3 saturated heterocycles. The van der Waals surface area contributed by atoms with Crippen molar-refractivity contribution in [2.45, 2.75) is 32.2 Å². The Hall–Kier alpha value is -2.32. The number of morpholine rings is 1. The van der Waals surface area contributed by atoms with Gasteiger partial charge in [0.05, 0.1) is 31.5 Å². The molecule has 1 atom stereocenters. The number of carbonyl (C=O) groups excluding carboxylic acids is 2. The van der Waals surface area contributed by atoms with Gasteiger partial charge in [-0.25, -0.2) is 4.79 Å². The monoisotopic (exact) mass is 430 g/mol. The van der Waals surface area contributed by atoms with Crippen molar-refractivity contribution >= 4 is 17.6 Å². The molecule has 1 aromatic carbocycles. The van der Waals surface area contributed by atoms with Gasteiger partial charge in [0, 0.05) is 32.7 Å². The molecule has 3 aliphatic rings. The molecule has 1 N–H and O–H groups in total. The summed E-state index contributed by atoms with van der Waals surface area (Å²) in [4.78, 5) is 31.9. The first-order chi connectivity index (χ1) is 15.0. The molecule has 0 aromatic heterocycles. The zero-order valence-corrected chi connectivity index (χ0v) is 18.6. The lowest BCUT2D eigenvalue weighted by Crippen LogP contribution is -2.48. The first-order valence-corrected chi connectivity index (χ1v) is 11.4. The number of ether oxygens (including phenoxy) is 2. The molecule has 0 saturated carbocycles. The number of likely N-dealkylation sites (tertiary alicyclic amines) is 2. The zero-order chi connectivity index (χ0) is 21.8. The maximum atomic E-state index is 13.0. The molecule has 1 spiro atoms. The third kappa shape index (κ3) is 4.80. The van der Waals surface area contributed by atoms with Crippen LogP contribution in [-0.2, 0) is 9.53 Å². The van der Waals surface area contributed by atoms with Crippen LogP contribution in [0, 0.1) is 5.41 Å². The van der Waals surface area contributed by atoms with Gasteiger partial charge in [0.1, 0.15) is 5.75 Å². The van der Waals surface area contributed by atoms with E-state index in [2.05, 4.69) is 17.3 Å². The van der Waals surface area contributed by atoms with Crippen molar-refractivity contribution in [3.05, 3.63) is 24.3 Å². The van der Waals surface area contributed by atoms with E-state index < -0.39 is 0 Å². The van der Waals surface area contributed by atoms with Gasteiger partial charge in [-0.3, -0.25) is 9.69 Å². The fourth-order valence-electron chi connectivity index (χ4n) is 5.13. The first kappa shape index (κ1) is 21.9. The molecule has 3 amide bonds. The molecule has 3 heterocycles. The minimum Gasteiger partial charge on any atom is -0.492 e. The predicted molar refractivity (Wildman–Crippen MR) is 118 cm³/mol. The summed E-state index contributed by atoms with van der Waals surface area (Å²) in [5.41, 5.74) is 0.813. The van der Waals surface area contributed by atoms with Crippen LogP contribution in [-0.4, -0.2) is 92.3 Å². The predicted octanol–water partition coefficient (Wildman–Crippen LogP) is 2.26. The Labute approximate surface area is 184 Å². The zero-order valence-electron chi connectivity index (χ0n) is 18.6. The number of nitrogens with zero attached hydrogens (tertiary/aromatic N) is 3. The van der Waals surface area contributed by atoms with E-state index in [4.69, 9.17) is 9.47 Å². The van der Waals surface area contributed by atoms with Crippen molar-refractivity contribution < 1.29 is 19.1 Å². The van der Waals surface area contributed by atoms with E-state index >= 15 is 0 Å². The van der Waals surface area contributed by atoms with Gasteiger partial charge >= 0.3 is 6.03 Å². The number of hydrogen-bond donors (Lipinski definition) is 1. The normalized spacial score (nSPS) is 23.7. The maximum absolute atomic E-state index is 13.0. The highest BCUT2D eigenvalue weighted by molar-refractivity contribution is 5.91. The molecule has 3 fully saturated rings. The number of rotatable bonds is 4. The average Bonchev–Trinajstić information content (AvgIpc) is 3.11. The van der Waals surface area contributed by atoms with Crippen molar-refractivity contribution in [1.82, 2.24) is 14.7 Å². The second-order valence-corrected chi connectivity index (χ2v) is 8.92. The lowest BCUT2D eigenvalue weighted by atomic mass is 9.76.